The number of hydrogen-bond acceptors (Lipinski definition) is 2. The van der Waals surface area contributed by atoms with Gasteiger partial charge in [-0.25, -0.2) is 0 Å². The van der Waals surface area contributed by atoms with Gasteiger partial charge in [0, 0.05) is 24.3 Å². The predicted molar refractivity (Wildman–Crippen MR) is 81.5 cm³/mol. The summed E-state index contributed by atoms with van der Waals surface area (Å²) in [6, 6.07) is 9.83. The molecule has 2 heteroatoms. The first kappa shape index (κ1) is 13.0. The zero-order chi connectivity index (χ0) is 13.2. The van der Waals surface area contributed by atoms with Crippen LogP contribution >= 0.6 is 0 Å². The number of aryl methyl sites for hydroxylation is 1. The molecule has 0 amide bonds. The van der Waals surface area contributed by atoms with Gasteiger partial charge in [0.2, 0.25) is 0 Å². The third-order valence-corrected chi connectivity index (χ3v) is 5.08. The summed E-state index contributed by atoms with van der Waals surface area (Å²) in [4.78, 5) is 2.56. The molecule has 2 unspecified atom stereocenters. The fraction of sp³-hybridized carbons (Fsp3) is 0.647. The van der Waals surface area contributed by atoms with Crippen LogP contribution in [0.5, 0.6) is 0 Å². The molecule has 104 valence electrons. The zero-order valence-corrected chi connectivity index (χ0v) is 12.0. The van der Waals surface area contributed by atoms with Gasteiger partial charge in [-0.3, -0.25) is 0 Å². The van der Waals surface area contributed by atoms with Crippen LogP contribution in [0, 0.1) is 5.92 Å². The molecule has 1 aromatic rings. The van der Waals surface area contributed by atoms with E-state index in [1.54, 1.807) is 0 Å². The summed E-state index contributed by atoms with van der Waals surface area (Å²) in [7, 11) is 0. The number of rotatable bonds is 3. The standard InChI is InChI=1S/C17H26N2/c1-13-10-11-15-8-4-5-9-17(15)19(13)12-16(18)14-6-2-3-7-14/h4-5,8-9,13-14,16H,2-3,6-7,10-12,18H2,1H3. The second kappa shape index (κ2) is 5.54. The summed E-state index contributed by atoms with van der Waals surface area (Å²) in [5, 5.41) is 0. The van der Waals surface area contributed by atoms with E-state index in [9.17, 15) is 0 Å². The molecule has 0 saturated heterocycles. The number of para-hydroxylation sites is 1. The number of fused-ring (bicyclic) bond motifs is 1. The topological polar surface area (TPSA) is 29.3 Å². The van der Waals surface area contributed by atoms with Gasteiger partial charge in [-0.05, 0) is 50.2 Å². The molecule has 0 aromatic heterocycles. The maximum absolute atomic E-state index is 6.49. The van der Waals surface area contributed by atoms with E-state index in [4.69, 9.17) is 5.73 Å². The van der Waals surface area contributed by atoms with Crippen LogP contribution in [-0.4, -0.2) is 18.6 Å². The minimum atomic E-state index is 0.344. The van der Waals surface area contributed by atoms with Crippen molar-refractivity contribution >= 4 is 5.69 Å². The summed E-state index contributed by atoms with van der Waals surface area (Å²) in [6.07, 6.45) is 7.91. The van der Waals surface area contributed by atoms with E-state index in [0.29, 0.717) is 12.1 Å². The zero-order valence-electron chi connectivity index (χ0n) is 12.0. The highest BCUT2D eigenvalue weighted by Crippen LogP contribution is 2.33. The van der Waals surface area contributed by atoms with Crippen LogP contribution in [0.4, 0.5) is 5.69 Å². The Bertz CT molecular complexity index is 423. The number of nitrogens with zero attached hydrogens (tertiary/aromatic N) is 1. The molecule has 2 nitrogen and oxygen atoms in total. The van der Waals surface area contributed by atoms with E-state index in [1.807, 2.05) is 0 Å². The second-order valence-electron chi connectivity index (χ2n) is 6.38. The third kappa shape index (κ3) is 2.64. The Morgan fingerprint density at radius 1 is 1.21 bits per heavy atom. The van der Waals surface area contributed by atoms with Gasteiger partial charge in [-0.15, -0.1) is 0 Å². The minimum Gasteiger partial charge on any atom is -0.367 e. The van der Waals surface area contributed by atoms with Gasteiger partial charge in [0.15, 0.2) is 0 Å². The molecule has 0 bridgehead atoms. The fourth-order valence-electron chi connectivity index (χ4n) is 3.80. The first-order valence-corrected chi connectivity index (χ1v) is 7.86. The van der Waals surface area contributed by atoms with Crippen LogP contribution in [0.3, 0.4) is 0 Å². The van der Waals surface area contributed by atoms with Crippen LogP contribution in [0.1, 0.15) is 44.6 Å². The molecule has 1 fully saturated rings. The number of anilines is 1. The minimum absolute atomic E-state index is 0.344. The van der Waals surface area contributed by atoms with Gasteiger partial charge >= 0.3 is 0 Å². The van der Waals surface area contributed by atoms with Crippen molar-refractivity contribution < 1.29 is 0 Å². The first-order valence-electron chi connectivity index (χ1n) is 7.86. The van der Waals surface area contributed by atoms with Gasteiger partial charge in [0.1, 0.15) is 0 Å². The largest absolute Gasteiger partial charge is 0.367 e. The molecule has 3 rings (SSSR count). The van der Waals surface area contributed by atoms with Crippen molar-refractivity contribution in [2.45, 2.75) is 57.5 Å². The number of benzene rings is 1. The van der Waals surface area contributed by atoms with Gasteiger partial charge in [0.05, 0.1) is 0 Å². The molecule has 1 aliphatic heterocycles. The molecule has 2 N–H and O–H groups in total. The molecule has 19 heavy (non-hydrogen) atoms. The van der Waals surface area contributed by atoms with Crippen LogP contribution in [0.25, 0.3) is 0 Å². The van der Waals surface area contributed by atoms with Crippen LogP contribution in [-0.2, 0) is 6.42 Å². The summed E-state index contributed by atoms with van der Waals surface area (Å²) in [5.74, 6) is 0.751. The van der Waals surface area contributed by atoms with Crippen molar-refractivity contribution in [2.75, 3.05) is 11.4 Å². The molecule has 1 aliphatic carbocycles. The lowest BCUT2D eigenvalue weighted by Crippen LogP contribution is -2.47. The van der Waals surface area contributed by atoms with Crippen LogP contribution in [0.2, 0.25) is 0 Å². The van der Waals surface area contributed by atoms with Crippen molar-refractivity contribution in [1.29, 1.82) is 0 Å². The van der Waals surface area contributed by atoms with E-state index in [2.05, 4.69) is 36.1 Å². The van der Waals surface area contributed by atoms with E-state index >= 15 is 0 Å². The number of nitrogens with two attached hydrogens (primary N) is 1. The summed E-state index contributed by atoms with van der Waals surface area (Å²) in [6.45, 7) is 3.38. The lowest BCUT2D eigenvalue weighted by molar-refractivity contribution is 0.409. The summed E-state index contributed by atoms with van der Waals surface area (Å²) >= 11 is 0. The first-order chi connectivity index (χ1) is 9.25. The highest BCUT2D eigenvalue weighted by molar-refractivity contribution is 5.56. The average molecular weight is 258 g/mol. The molecule has 1 saturated carbocycles. The Kier molecular flexibility index (Phi) is 3.79. The Morgan fingerprint density at radius 2 is 1.95 bits per heavy atom. The van der Waals surface area contributed by atoms with E-state index < -0.39 is 0 Å². The van der Waals surface area contributed by atoms with Crippen molar-refractivity contribution in [3.8, 4) is 0 Å². The summed E-state index contributed by atoms with van der Waals surface area (Å²) < 4.78 is 0. The monoisotopic (exact) mass is 258 g/mol. The lowest BCUT2D eigenvalue weighted by atomic mass is 9.93. The highest BCUT2D eigenvalue weighted by atomic mass is 15.2. The molecular formula is C17H26N2. The van der Waals surface area contributed by atoms with Gasteiger partial charge in [-0.2, -0.15) is 0 Å². The average Bonchev–Trinajstić information content (AvgIpc) is 2.96. The molecule has 0 radical (unpaired) electrons. The quantitative estimate of drug-likeness (QED) is 0.901. The van der Waals surface area contributed by atoms with Crippen LogP contribution < -0.4 is 10.6 Å². The van der Waals surface area contributed by atoms with Gasteiger partial charge in [-0.1, -0.05) is 31.0 Å². The van der Waals surface area contributed by atoms with E-state index in [1.165, 1.54) is 49.8 Å². The van der Waals surface area contributed by atoms with E-state index in [0.717, 1.165) is 12.5 Å². The van der Waals surface area contributed by atoms with Crippen molar-refractivity contribution in [3.63, 3.8) is 0 Å². The van der Waals surface area contributed by atoms with Gasteiger partial charge in [0.25, 0.3) is 0 Å². The highest BCUT2D eigenvalue weighted by Gasteiger charge is 2.28. The molecule has 2 aliphatic rings. The maximum atomic E-state index is 6.49. The third-order valence-electron chi connectivity index (χ3n) is 5.08. The second-order valence-corrected chi connectivity index (χ2v) is 6.38. The van der Waals surface area contributed by atoms with Crippen LogP contribution in [0.15, 0.2) is 24.3 Å². The molecule has 1 heterocycles. The predicted octanol–water partition coefficient (Wildman–Crippen LogP) is 3.35. The van der Waals surface area contributed by atoms with E-state index in [-0.39, 0.29) is 0 Å². The van der Waals surface area contributed by atoms with Gasteiger partial charge < -0.3 is 10.6 Å². The summed E-state index contributed by atoms with van der Waals surface area (Å²) in [5.41, 5.74) is 9.41. The van der Waals surface area contributed by atoms with Crippen molar-refractivity contribution in [2.24, 2.45) is 11.7 Å². The van der Waals surface area contributed by atoms with Crippen molar-refractivity contribution in [3.05, 3.63) is 29.8 Å². The molecule has 0 spiro atoms. The molecule has 1 aromatic carbocycles. The molecular weight excluding hydrogens is 232 g/mol. The lowest BCUT2D eigenvalue weighted by Gasteiger charge is -2.39. The Balaban J connectivity index is 1.75. The Labute approximate surface area is 117 Å². The normalized spacial score (nSPS) is 25.4. The van der Waals surface area contributed by atoms with Crippen molar-refractivity contribution in [1.82, 2.24) is 0 Å². The smallest absolute Gasteiger partial charge is 0.0401 e. The Hall–Kier alpha value is -1.02. The maximum Gasteiger partial charge on any atom is 0.0401 e. The Morgan fingerprint density at radius 3 is 2.74 bits per heavy atom. The fourth-order valence-corrected chi connectivity index (χ4v) is 3.80. The molecule has 2 atom stereocenters. The number of hydrogen-bond donors (Lipinski definition) is 1. The SMILES string of the molecule is CC1CCc2ccccc2N1CC(N)C1CCCC1.